The van der Waals surface area contributed by atoms with Crippen LogP contribution in [0.3, 0.4) is 0 Å². The van der Waals surface area contributed by atoms with E-state index in [0.717, 1.165) is 29.4 Å². The molecule has 5 heteroatoms. The Balaban J connectivity index is 1.79. The fraction of sp³-hybridized carbons (Fsp3) is 0.500. The van der Waals surface area contributed by atoms with Crippen LogP contribution in [-0.2, 0) is 0 Å². The lowest BCUT2D eigenvalue weighted by Gasteiger charge is -2.33. The van der Waals surface area contributed by atoms with Gasteiger partial charge in [0.1, 0.15) is 11.4 Å². The molecule has 2 fully saturated rings. The van der Waals surface area contributed by atoms with Gasteiger partial charge in [0.05, 0.1) is 12.8 Å². The van der Waals surface area contributed by atoms with Gasteiger partial charge in [-0.3, -0.25) is 5.01 Å². The Hall–Kier alpha value is -1.33. The summed E-state index contributed by atoms with van der Waals surface area (Å²) in [5, 5.41) is 6.19. The molecule has 4 nitrogen and oxygen atoms in total. The van der Waals surface area contributed by atoms with Gasteiger partial charge >= 0.3 is 0 Å². The Bertz CT molecular complexity index is 468. The molecule has 1 heterocycles. The van der Waals surface area contributed by atoms with Gasteiger partial charge in [0.2, 0.25) is 0 Å². The van der Waals surface area contributed by atoms with Gasteiger partial charge in [0.15, 0.2) is 5.11 Å². The first-order valence-electron chi connectivity index (χ1n) is 6.77. The highest BCUT2D eigenvalue weighted by Crippen LogP contribution is 2.31. The molecule has 1 aromatic carbocycles. The number of nitrogens with one attached hydrogen (secondary N) is 2. The first-order valence-corrected chi connectivity index (χ1v) is 7.17. The normalized spacial score (nSPS) is 21.5. The average molecular weight is 277 g/mol. The van der Waals surface area contributed by atoms with Crippen LogP contribution in [0.2, 0.25) is 0 Å². The average Bonchev–Trinajstić information content (AvgIpc) is 2.76. The predicted molar refractivity (Wildman–Crippen MR) is 80.2 cm³/mol. The molecular weight excluding hydrogens is 258 g/mol. The van der Waals surface area contributed by atoms with Crippen LogP contribution in [0.1, 0.15) is 32.1 Å². The Morgan fingerprint density at radius 3 is 2.47 bits per heavy atom. The van der Waals surface area contributed by atoms with E-state index in [0.29, 0.717) is 0 Å². The Morgan fingerprint density at radius 1 is 1.16 bits per heavy atom. The molecule has 1 aliphatic heterocycles. The number of methoxy groups -OCH3 is 1. The highest BCUT2D eigenvalue weighted by atomic mass is 32.1. The zero-order valence-corrected chi connectivity index (χ0v) is 11.9. The third-order valence-corrected chi connectivity index (χ3v) is 4.20. The molecule has 1 aromatic rings. The second-order valence-electron chi connectivity index (χ2n) is 5.22. The van der Waals surface area contributed by atoms with E-state index in [4.69, 9.17) is 17.0 Å². The van der Waals surface area contributed by atoms with E-state index in [9.17, 15) is 0 Å². The van der Waals surface area contributed by atoms with Gasteiger partial charge < -0.3 is 10.1 Å². The standard InChI is InChI=1S/C14H19N3OS/c1-18-12-7-5-11(6-8-12)17-13(19)15-14(16-17)9-3-2-4-10-14/h5-8,16H,2-4,9-10H2,1H3,(H,15,19). The summed E-state index contributed by atoms with van der Waals surface area (Å²) in [5.74, 6) is 0.856. The van der Waals surface area contributed by atoms with Gasteiger partial charge in [-0.15, -0.1) is 0 Å². The second kappa shape index (κ2) is 4.98. The van der Waals surface area contributed by atoms with Crippen LogP contribution in [0.5, 0.6) is 5.75 Å². The summed E-state index contributed by atoms with van der Waals surface area (Å²) in [6.07, 6.45) is 6.07. The minimum absolute atomic E-state index is 0.0325. The summed E-state index contributed by atoms with van der Waals surface area (Å²) >= 11 is 5.46. The molecule has 1 saturated carbocycles. The Kier molecular flexibility index (Phi) is 3.33. The fourth-order valence-corrected chi connectivity index (χ4v) is 3.20. The molecule has 0 radical (unpaired) electrons. The topological polar surface area (TPSA) is 36.5 Å². The van der Waals surface area contributed by atoms with Crippen molar-refractivity contribution in [3.05, 3.63) is 24.3 Å². The van der Waals surface area contributed by atoms with Crippen LogP contribution in [0.25, 0.3) is 0 Å². The fourth-order valence-electron chi connectivity index (χ4n) is 2.86. The van der Waals surface area contributed by atoms with Crippen molar-refractivity contribution >= 4 is 23.0 Å². The highest BCUT2D eigenvalue weighted by Gasteiger charge is 2.41. The second-order valence-corrected chi connectivity index (χ2v) is 5.60. The van der Waals surface area contributed by atoms with Gasteiger partial charge in [-0.25, -0.2) is 5.43 Å². The Labute approximate surface area is 119 Å². The van der Waals surface area contributed by atoms with E-state index in [2.05, 4.69) is 10.7 Å². The van der Waals surface area contributed by atoms with E-state index >= 15 is 0 Å². The van der Waals surface area contributed by atoms with Crippen LogP contribution in [-0.4, -0.2) is 17.9 Å². The quantitative estimate of drug-likeness (QED) is 0.813. The van der Waals surface area contributed by atoms with Gasteiger partial charge in [0, 0.05) is 0 Å². The molecule has 102 valence electrons. The van der Waals surface area contributed by atoms with Gasteiger partial charge in [0.25, 0.3) is 0 Å². The van der Waals surface area contributed by atoms with Crippen molar-refractivity contribution in [2.45, 2.75) is 37.8 Å². The first-order chi connectivity index (χ1) is 9.22. The first kappa shape index (κ1) is 12.7. The van der Waals surface area contributed by atoms with Crippen molar-refractivity contribution in [2.75, 3.05) is 12.1 Å². The van der Waals surface area contributed by atoms with E-state index < -0.39 is 0 Å². The third kappa shape index (κ3) is 2.40. The van der Waals surface area contributed by atoms with Crippen molar-refractivity contribution in [3.63, 3.8) is 0 Å². The number of anilines is 1. The number of hydrogen-bond acceptors (Lipinski definition) is 3. The monoisotopic (exact) mass is 277 g/mol. The van der Waals surface area contributed by atoms with Crippen molar-refractivity contribution in [1.82, 2.24) is 10.7 Å². The van der Waals surface area contributed by atoms with Gasteiger partial charge in [-0.1, -0.05) is 6.42 Å². The summed E-state index contributed by atoms with van der Waals surface area (Å²) < 4.78 is 5.18. The van der Waals surface area contributed by atoms with Gasteiger partial charge in [-0.2, -0.15) is 0 Å². The molecule has 19 heavy (non-hydrogen) atoms. The lowest BCUT2D eigenvalue weighted by Crippen LogP contribution is -2.52. The lowest BCUT2D eigenvalue weighted by molar-refractivity contribution is 0.238. The van der Waals surface area contributed by atoms with Crippen LogP contribution in [0.15, 0.2) is 24.3 Å². The van der Waals surface area contributed by atoms with E-state index in [-0.39, 0.29) is 5.66 Å². The van der Waals surface area contributed by atoms with Crippen LogP contribution < -0.4 is 20.5 Å². The molecule has 1 saturated heterocycles. The lowest BCUT2D eigenvalue weighted by atomic mass is 9.90. The molecular formula is C14H19N3OS. The number of hydrazine groups is 1. The molecule has 0 unspecified atom stereocenters. The number of hydrogen-bond donors (Lipinski definition) is 2. The summed E-state index contributed by atoms with van der Waals surface area (Å²) in [7, 11) is 1.67. The van der Waals surface area contributed by atoms with Gasteiger partial charge in [-0.05, 0) is 62.2 Å². The van der Waals surface area contributed by atoms with Crippen molar-refractivity contribution < 1.29 is 4.74 Å². The number of nitrogens with zero attached hydrogens (tertiary/aromatic N) is 1. The number of rotatable bonds is 2. The largest absolute Gasteiger partial charge is 0.497 e. The molecule has 0 aromatic heterocycles. The minimum atomic E-state index is -0.0325. The predicted octanol–water partition coefficient (Wildman–Crippen LogP) is 2.55. The highest BCUT2D eigenvalue weighted by molar-refractivity contribution is 7.80. The van der Waals surface area contributed by atoms with Crippen LogP contribution >= 0.6 is 12.2 Å². The maximum atomic E-state index is 5.46. The minimum Gasteiger partial charge on any atom is -0.497 e. The molecule has 1 aliphatic carbocycles. The molecule has 0 atom stereocenters. The number of thiocarbonyl (C=S) groups is 1. The van der Waals surface area contributed by atoms with Crippen LogP contribution in [0.4, 0.5) is 5.69 Å². The van der Waals surface area contributed by atoms with E-state index in [1.165, 1.54) is 19.3 Å². The molecule has 1 spiro atoms. The van der Waals surface area contributed by atoms with Crippen LogP contribution in [0, 0.1) is 0 Å². The molecule has 3 rings (SSSR count). The maximum absolute atomic E-state index is 5.46. The molecule has 0 bridgehead atoms. The zero-order chi connectivity index (χ0) is 13.3. The summed E-state index contributed by atoms with van der Waals surface area (Å²) in [6, 6.07) is 7.93. The van der Waals surface area contributed by atoms with Crippen molar-refractivity contribution in [1.29, 1.82) is 0 Å². The number of ether oxygens (including phenoxy) is 1. The molecule has 2 N–H and O–H groups in total. The SMILES string of the molecule is COc1ccc(N2NC3(CCCCC3)NC2=S)cc1. The van der Waals surface area contributed by atoms with E-state index in [1.807, 2.05) is 29.3 Å². The summed E-state index contributed by atoms with van der Waals surface area (Å²) in [4.78, 5) is 0. The third-order valence-electron chi connectivity index (χ3n) is 3.91. The maximum Gasteiger partial charge on any atom is 0.189 e. The Morgan fingerprint density at radius 2 is 1.84 bits per heavy atom. The van der Waals surface area contributed by atoms with Crippen molar-refractivity contribution in [2.24, 2.45) is 0 Å². The molecule has 0 amide bonds. The zero-order valence-electron chi connectivity index (χ0n) is 11.1. The van der Waals surface area contributed by atoms with E-state index in [1.54, 1.807) is 7.11 Å². The molecule has 2 aliphatic rings. The smallest absolute Gasteiger partial charge is 0.189 e. The summed E-state index contributed by atoms with van der Waals surface area (Å²) in [5.41, 5.74) is 4.56. The number of benzene rings is 1. The van der Waals surface area contributed by atoms with Crippen molar-refractivity contribution in [3.8, 4) is 5.75 Å². The summed E-state index contributed by atoms with van der Waals surface area (Å²) in [6.45, 7) is 0.